The van der Waals surface area contributed by atoms with Gasteiger partial charge in [0.2, 0.25) is 0 Å². The van der Waals surface area contributed by atoms with E-state index < -0.39 is 0 Å². The molecule has 0 aromatic heterocycles. The molecular weight excluding hydrogens is 182 g/mol. The van der Waals surface area contributed by atoms with Crippen molar-refractivity contribution in [3.8, 4) is 0 Å². The SMILES string of the molecule is C.CC(C)=N.CC(C)=O.CC(C)=S. The number of nitrogens with one attached hydrogen (secondary N) is 1. The van der Waals surface area contributed by atoms with Gasteiger partial charge in [0.15, 0.2) is 0 Å². The van der Waals surface area contributed by atoms with Gasteiger partial charge < -0.3 is 10.2 Å². The van der Waals surface area contributed by atoms with Crippen LogP contribution in [-0.4, -0.2) is 16.4 Å². The molecule has 3 heteroatoms. The Morgan fingerprint density at radius 2 is 1.00 bits per heavy atom. The van der Waals surface area contributed by atoms with Crippen molar-refractivity contribution < 1.29 is 4.79 Å². The van der Waals surface area contributed by atoms with Crippen LogP contribution in [0, 0.1) is 5.41 Å². The van der Waals surface area contributed by atoms with E-state index in [0.717, 1.165) is 4.86 Å². The highest BCUT2D eigenvalue weighted by molar-refractivity contribution is 7.80. The molecule has 80 valence electrons. The zero-order chi connectivity index (χ0) is 10.7. The second kappa shape index (κ2) is 17.5. The number of thiocarbonyl (C=S) groups is 1. The Labute approximate surface area is 88.2 Å². The molecule has 0 unspecified atom stereocenters. The molecule has 0 bridgehead atoms. The van der Waals surface area contributed by atoms with Crippen LogP contribution in [0.3, 0.4) is 0 Å². The highest BCUT2D eigenvalue weighted by Crippen LogP contribution is 1.61. The third kappa shape index (κ3) is 3130. The molecule has 0 aliphatic rings. The van der Waals surface area contributed by atoms with Crippen molar-refractivity contribution in [2.75, 3.05) is 0 Å². The first-order valence-corrected chi connectivity index (χ1v) is 4.07. The maximum atomic E-state index is 9.44. The quantitative estimate of drug-likeness (QED) is 0.484. The van der Waals surface area contributed by atoms with Crippen molar-refractivity contribution in [3.63, 3.8) is 0 Å². The number of Topliss-reactive ketones (excluding diaryl/α,β-unsaturated/α-hetero) is 1. The van der Waals surface area contributed by atoms with Crippen molar-refractivity contribution in [1.29, 1.82) is 5.41 Å². The normalized spacial score (nSPS) is 6.00. The predicted molar refractivity (Wildman–Crippen MR) is 66.1 cm³/mol. The van der Waals surface area contributed by atoms with Crippen molar-refractivity contribution in [1.82, 2.24) is 0 Å². The molecule has 0 radical (unpaired) electrons. The molecule has 0 aliphatic heterocycles. The molecule has 0 saturated heterocycles. The van der Waals surface area contributed by atoms with Gasteiger partial charge in [-0.15, -0.1) is 0 Å². The first-order chi connectivity index (χ1) is 5.20. The van der Waals surface area contributed by atoms with E-state index in [2.05, 4.69) is 12.2 Å². The summed E-state index contributed by atoms with van der Waals surface area (Å²) in [4.78, 5) is 10.4. The molecule has 0 amide bonds. The monoisotopic (exact) mass is 205 g/mol. The van der Waals surface area contributed by atoms with Crippen molar-refractivity contribution >= 4 is 28.6 Å². The lowest BCUT2D eigenvalue weighted by Crippen LogP contribution is -1.69. The lowest BCUT2D eigenvalue weighted by Gasteiger charge is -1.63. The standard InChI is InChI=1S/C3H7N.C3H6O.C3H6S.CH4/c3*1-3(2)4;/h4H,1-2H3;2*1-2H3;1H4. The smallest absolute Gasteiger partial charge is 0.126 e. The van der Waals surface area contributed by atoms with E-state index >= 15 is 0 Å². The first-order valence-electron chi connectivity index (χ1n) is 3.66. The minimum absolute atomic E-state index is 0. The summed E-state index contributed by atoms with van der Waals surface area (Å²) in [5.41, 5.74) is 0.667. The number of carbonyl (C=O) groups is 1. The maximum Gasteiger partial charge on any atom is 0.126 e. The average molecular weight is 205 g/mol. The Kier molecular flexibility index (Phi) is 30.8. The summed E-state index contributed by atoms with van der Waals surface area (Å²) in [6.07, 6.45) is 0. The highest BCUT2D eigenvalue weighted by Gasteiger charge is 1.62. The van der Waals surface area contributed by atoms with Crippen LogP contribution in [0.2, 0.25) is 0 Å². The molecule has 0 spiro atoms. The average Bonchev–Trinajstić information content (AvgIpc) is 1.54. The molecule has 13 heavy (non-hydrogen) atoms. The Morgan fingerprint density at radius 3 is 1.00 bits per heavy atom. The topological polar surface area (TPSA) is 40.9 Å². The van der Waals surface area contributed by atoms with Gasteiger partial charge in [-0.1, -0.05) is 19.6 Å². The number of rotatable bonds is 0. The zero-order valence-electron chi connectivity index (χ0n) is 8.82. The van der Waals surface area contributed by atoms with Crippen molar-refractivity contribution in [3.05, 3.63) is 0 Å². The van der Waals surface area contributed by atoms with E-state index in [-0.39, 0.29) is 13.2 Å². The van der Waals surface area contributed by atoms with Crippen LogP contribution < -0.4 is 0 Å². The summed E-state index contributed by atoms with van der Waals surface area (Å²) >= 11 is 4.54. The van der Waals surface area contributed by atoms with Crippen LogP contribution in [0.4, 0.5) is 0 Å². The third-order valence-electron chi connectivity index (χ3n) is 0. The Bertz CT molecular complexity index is 112. The zero-order valence-corrected chi connectivity index (χ0v) is 9.63. The molecule has 0 aliphatic carbocycles. The molecule has 0 atom stereocenters. The minimum atomic E-state index is 0. The molecule has 0 rings (SSSR count). The fraction of sp³-hybridized carbons (Fsp3) is 0.700. The van der Waals surface area contributed by atoms with Gasteiger partial charge in [0.25, 0.3) is 0 Å². The molecule has 0 heterocycles. The molecular formula is C10H23NOS. The summed E-state index contributed by atoms with van der Waals surface area (Å²) in [6.45, 7) is 10.4. The van der Waals surface area contributed by atoms with Crippen LogP contribution in [0.1, 0.15) is 49.0 Å². The first kappa shape index (κ1) is 22.9. The summed E-state index contributed by atoms with van der Waals surface area (Å²) < 4.78 is 0. The van der Waals surface area contributed by atoms with Gasteiger partial charge in [0, 0.05) is 5.71 Å². The van der Waals surface area contributed by atoms with E-state index in [1.807, 2.05) is 13.8 Å². The van der Waals surface area contributed by atoms with Gasteiger partial charge in [-0.2, -0.15) is 0 Å². The van der Waals surface area contributed by atoms with E-state index in [1.54, 1.807) is 13.8 Å². The van der Waals surface area contributed by atoms with E-state index in [0.29, 0.717) is 5.71 Å². The molecule has 0 saturated carbocycles. The fourth-order valence-corrected chi connectivity index (χ4v) is 0. The van der Waals surface area contributed by atoms with Gasteiger partial charge >= 0.3 is 0 Å². The fourth-order valence-electron chi connectivity index (χ4n) is 0. The number of ketones is 1. The van der Waals surface area contributed by atoms with Gasteiger partial charge in [-0.25, -0.2) is 0 Å². The summed E-state index contributed by atoms with van der Waals surface area (Å²) in [5, 5.41) is 6.50. The molecule has 0 fully saturated rings. The number of carbonyl (C=O) groups excluding carboxylic acids is 1. The third-order valence-corrected chi connectivity index (χ3v) is 0. The Balaban J connectivity index is -0.0000000450. The van der Waals surface area contributed by atoms with Gasteiger partial charge in [0.05, 0.1) is 0 Å². The second-order valence-electron chi connectivity index (χ2n) is 2.82. The molecule has 0 aromatic carbocycles. The largest absolute Gasteiger partial charge is 0.310 e. The summed E-state index contributed by atoms with van der Waals surface area (Å²) in [5.74, 6) is 0.167. The van der Waals surface area contributed by atoms with Crippen LogP contribution in [0.15, 0.2) is 0 Å². The number of hydrogen-bond acceptors (Lipinski definition) is 3. The lowest BCUT2D eigenvalue weighted by atomic mass is 10.5. The maximum absolute atomic E-state index is 9.44. The van der Waals surface area contributed by atoms with Crippen LogP contribution in [0.25, 0.3) is 0 Å². The van der Waals surface area contributed by atoms with E-state index in [1.165, 1.54) is 13.8 Å². The van der Waals surface area contributed by atoms with Gasteiger partial charge in [-0.3, -0.25) is 0 Å². The molecule has 2 nitrogen and oxygen atoms in total. The predicted octanol–water partition coefficient (Wildman–Crippen LogP) is 3.67. The second-order valence-corrected chi connectivity index (χ2v) is 3.63. The lowest BCUT2D eigenvalue weighted by molar-refractivity contribution is -0.114. The summed E-state index contributed by atoms with van der Waals surface area (Å²) in [6, 6.07) is 0. The summed E-state index contributed by atoms with van der Waals surface area (Å²) in [7, 11) is 0. The van der Waals surface area contributed by atoms with E-state index in [4.69, 9.17) is 5.41 Å². The number of hydrogen-bond donors (Lipinski definition) is 1. The van der Waals surface area contributed by atoms with Crippen LogP contribution >= 0.6 is 12.2 Å². The van der Waals surface area contributed by atoms with Crippen LogP contribution in [-0.2, 0) is 4.79 Å². The van der Waals surface area contributed by atoms with Gasteiger partial charge in [-0.05, 0) is 46.4 Å². The van der Waals surface area contributed by atoms with Crippen molar-refractivity contribution in [2.24, 2.45) is 0 Å². The Hall–Kier alpha value is -0.570. The van der Waals surface area contributed by atoms with Crippen molar-refractivity contribution in [2.45, 2.75) is 49.0 Å². The molecule has 1 N–H and O–H groups in total. The van der Waals surface area contributed by atoms with Crippen LogP contribution in [0.5, 0.6) is 0 Å². The minimum Gasteiger partial charge on any atom is -0.310 e. The molecule has 0 aromatic rings. The Morgan fingerprint density at radius 1 is 1.00 bits per heavy atom. The van der Waals surface area contributed by atoms with Gasteiger partial charge in [0.1, 0.15) is 5.78 Å². The highest BCUT2D eigenvalue weighted by atomic mass is 32.1. The van der Waals surface area contributed by atoms with E-state index in [9.17, 15) is 4.79 Å².